The van der Waals surface area contributed by atoms with Gasteiger partial charge in [0.1, 0.15) is 6.10 Å². The molecule has 5 N–H and O–H groups in total. The van der Waals surface area contributed by atoms with E-state index in [4.69, 9.17) is 25.5 Å². The maximum atomic E-state index is 11.2. The third-order valence-corrected chi connectivity index (χ3v) is 3.15. The van der Waals surface area contributed by atoms with Crippen LogP contribution in [0.5, 0.6) is 0 Å². The number of hydrogen-bond acceptors (Lipinski definition) is 9. The maximum absolute atomic E-state index is 11.2. The van der Waals surface area contributed by atoms with Crippen molar-refractivity contribution in [2.75, 3.05) is 13.2 Å². The zero-order valence-electron chi connectivity index (χ0n) is 13.2. The fourth-order valence-corrected chi connectivity index (χ4v) is 1.97. The van der Waals surface area contributed by atoms with Crippen molar-refractivity contribution >= 4 is 5.97 Å². The predicted octanol–water partition coefficient (Wildman–Crippen LogP) is -1.55. The van der Waals surface area contributed by atoms with Crippen LogP contribution in [0.15, 0.2) is 22.4 Å². The largest absolute Gasteiger partial charge is 0.505 e. The quantitative estimate of drug-likeness (QED) is 0.407. The van der Waals surface area contributed by atoms with Gasteiger partial charge in [0.25, 0.3) is 0 Å². The molecule has 10 nitrogen and oxygen atoms in total. The Labute approximate surface area is 136 Å². The average molecular weight is 344 g/mol. The van der Waals surface area contributed by atoms with Gasteiger partial charge < -0.3 is 30.3 Å². The van der Waals surface area contributed by atoms with E-state index in [9.17, 15) is 9.59 Å². The fourth-order valence-electron chi connectivity index (χ4n) is 1.97. The highest BCUT2D eigenvalue weighted by Crippen LogP contribution is 2.20. The molecule has 1 aromatic rings. The molecule has 24 heavy (non-hydrogen) atoms. The summed E-state index contributed by atoms with van der Waals surface area (Å²) < 4.78 is 5.77. The number of hydrogen-bond donors (Lipinski definition) is 5. The van der Waals surface area contributed by atoms with Crippen LogP contribution in [-0.4, -0.2) is 66.5 Å². The van der Waals surface area contributed by atoms with E-state index in [2.05, 4.69) is 9.72 Å². The van der Waals surface area contributed by atoms with E-state index in [0.29, 0.717) is 12.2 Å². The van der Waals surface area contributed by atoms with Crippen molar-refractivity contribution in [3.8, 4) is 0 Å². The number of aromatic nitrogens is 2. The second kappa shape index (κ2) is 8.43. The Morgan fingerprint density at radius 1 is 1.29 bits per heavy atom. The lowest BCUT2D eigenvalue weighted by Gasteiger charge is -2.13. The molecule has 134 valence electrons. The molecule has 0 bridgehead atoms. The van der Waals surface area contributed by atoms with Crippen molar-refractivity contribution in [1.82, 2.24) is 9.55 Å². The number of esters is 1. The second-order valence-corrected chi connectivity index (χ2v) is 5.01. The van der Waals surface area contributed by atoms with Crippen molar-refractivity contribution < 1.29 is 35.1 Å². The summed E-state index contributed by atoms with van der Waals surface area (Å²) in [4.78, 5) is 25.5. The number of aliphatic hydroxyl groups excluding tert-OH is 5. The van der Waals surface area contributed by atoms with Crippen LogP contribution in [0.25, 0.3) is 0 Å². The molecule has 0 unspecified atom stereocenters. The van der Waals surface area contributed by atoms with E-state index in [1.807, 2.05) is 13.0 Å². The Morgan fingerprint density at radius 3 is 2.33 bits per heavy atom. The molecule has 0 aliphatic carbocycles. The highest BCUT2D eigenvalue weighted by Gasteiger charge is 2.38. The summed E-state index contributed by atoms with van der Waals surface area (Å²) in [6.07, 6.45) is -2.78. The molecule has 0 saturated carbocycles. The summed E-state index contributed by atoms with van der Waals surface area (Å²) in [5.41, 5.74) is 1.26. The van der Waals surface area contributed by atoms with Gasteiger partial charge in [-0.3, -0.25) is 4.57 Å². The SMILES string of the molecule is Cc1cc(C)n(CCO)c(=O)n1.O=C1O[C@H]([C@@H](O)CO)C(O)=C1O. The first kappa shape index (κ1) is 19.6. The smallest absolute Gasteiger partial charge is 0.377 e. The van der Waals surface area contributed by atoms with Crippen molar-refractivity contribution in [1.29, 1.82) is 0 Å². The lowest BCUT2D eigenvalue weighted by molar-refractivity contribution is -0.147. The molecule has 0 aromatic carbocycles. The van der Waals surface area contributed by atoms with Crippen molar-refractivity contribution in [2.45, 2.75) is 32.6 Å². The van der Waals surface area contributed by atoms with E-state index in [-0.39, 0.29) is 12.3 Å². The molecular formula is C14H20N2O8. The number of rotatable bonds is 4. The number of cyclic esters (lactones) is 1. The molecule has 0 saturated heterocycles. The van der Waals surface area contributed by atoms with Crippen LogP contribution in [0, 0.1) is 13.8 Å². The standard InChI is InChI=1S/C8H12N2O2.C6H8O6/c1-6-5-7(2)10(3-4-11)8(12)9-6;7-1-2(8)5-3(9)4(10)6(11)12-5/h5,11H,3-4H2,1-2H3;2,5,7-10H,1H2/t;2-,5+/m.0/s1. The number of carbonyl (C=O) groups excluding carboxylic acids is 1. The minimum Gasteiger partial charge on any atom is -0.505 e. The number of carbonyl (C=O) groups is 1. The van der Waals surface area contributed by atoms with E-state index in [0.717, 1.165) is 5.69 Å². The predicted molar refractivity (Wildman–Crippen MR) is 80.3 cm³/mol. The number of ether oxygens (including phenoxy) is 1. The summed E-state index contributed by atoms with van der Waals surface area (Å²) in [5.74, 6) is -2.78. The van der Waals surface area contributed by atoms with Gasteiger partial charge in [-0.25, -0.2) is 9.59 Å². The minimum absolute atomic E-state index is 0.0362. The highest BCUT2D eigenvalue weighted by molar-refractivity contribution is 5.89. The third-order valence-electron chi connectivity index (χ3n) is 3.15. The van der Waals surface area contributed by atoms with Gasteiger partial charge in [-0.05, 0) is 19.9 Å². The molecule has 0 radical (unpaired) electrons. The normalized spacial score (nSPS) is 18.0. The Hall–Kier alpha value is -2.43. The fraction of sp³-hybridized carbons (Fsp3) is 0.500. The van der Waals surface area contributed by atoms with Crippen LogP contribution >= 0.6 is 0 Å². The lowest BCUT2D eigenvalue weighted by Crippen LogP contribution is -2.31. The first-order valence-corrected chi connectivity index (χ1v) is 7.00. The molecule has 1 aliphatic heterocycles. The van der Waals surface area contributed by atoms with Gasteiger partial charge in [0.15, 0.2) is 11.9 Å². The van der Waals surface area contributed by atoms with Crippen molar-refractivity contribution in [3.05, 3.63) is 39.5 Å². The molecular weight excluding hydrogens is 324 g/mol. The van der Waals surface area contributed by atoms with Gasteiger partial charge in [0.2, 0.25) is 5.76 Å². The molecule has 1 aliphatic rings. The van der Waals surface area contributed by atoms with E-state index in [1.54, 1.807) is 6.92 Å². The molecule has 2 heterocycles. The molecule has 2 rings (SSSR count). The molecule has 0 fully saturated rings. The molecule has 1 aromatic heterocycles. The third kappa shape index (κ3) is 4.54. The first-order chi connectivity index (χ1) is 11.2. The van der Waals surface area contributed by atoms with Crippen LogP contribution in [-0.2, 0) is 16.1 Å². The second-order valence-electron chi connectivity index (χ2n) is 5.01. The summed E-state index contributed by atoms with van der Waals surface area (Å²) in [6, 6.07) is 1.82. The Kier molecular flexibility index (Phi) is 6.89. The van der Waals surface area contributed by atoms with Gasteiger partial charge in [-0.15, -0.1) is 0 Å². The molecule has 10 heteroatoms. The van der Waals surface area contributed by atoms with Crippen LogP contribution in [0.4, 0.5) is 0 Å². The van der Waals surface area contributed by atoms with Crippen molar-refractivity contribution in [2.24, 2.45) is 0 Å². The summed E-state index contributed by atoms with van der Waals surface area (Å²) in [5, 5.41) is 43.7. The zero-order valence-corrected chi connectivity index (χ0v) is 13.2. The van der Waals surface area contributed by atoms with Gasteiger partial charge in [-0.2, -0.15) is 4.98 Å². The molecule has 0 spiro atoms. The van der Waals surface area contributed by atoms with Crippen molar-refractivity contribution in [3.63, 3.8) is 0 Å². The highest BCUT2D eigenvalue weighted by atomic mass is 16.6. The summed E-state index contributed by atoms with van der Waals surface area (Å²) >= 11 is 0. The Morgan fingerprint density at radius 2 is 1.92 bits per heavy atom. The number of nitrogens with zero attached hydrogens (tertiary/aromatic N) is 2. The maximum Gasteiger partial charge on any atom is 0.377 e. The average Bonchev–Trinajstić information content (AvgIpc) is 2.78. The van der Waals surface area contributed by atoms with Gasteiger partial charge in [-0.1, -0.05) is 0 Å². The van der Waals surface area contributed by atoms with Crippen LogP contribution in [0.3, 0.4) is 0 Å². The monoisotopic (exact) mass is 344 g/mol. The summed E-state index contributed by atoms with van der Waals surface area (Å²) in [7, 11) is 0. The first-order valence-electron chi connectivity index (χ1n) is 7.00. The summed E-state index contributed by atoms with van der Waals surface area (Å²) in [6.45, 7) is 3.21. The Bertz CT molecular complexity index is 682. The van der Waals surface area contributed by atoms with Crippen LogP contribution in [0.1, 0.15) is 11.4 Å². The molecule has 2 atom stereocenters. The number of aliphatic hydroxyl groups is 5. The molecule has 0 amide bonds. The number of aryl methyl sites for hydroxylation is 2. The van der Waals surface area contributed by atoms with E-state index < -0.39 is 36.3 Å². The lowest BCUT2D eigenvalue weighted by atomic mass is 10.2. The zero-order chi connectivity index (χ0) is 18.4. The van der Waals surface area contributed by atoms with Crippen LogP contribution in [0.2, 0.25) is 0 Å². The minimum atomic E-state index is -1.42. The van der Waals surface area contributed by atoms with Gasteiger partial charge >= 0.3 is 11.7 Å². The Balaban J connectivity index is 0.000000240. The topological polar surface area (TPSA) is 162 Å². The van der Waals surface area contributed by atoms with Gasteiger partial charge in [0, 0.05) is 11.4 Å². The van der Waals surface area contributed by atoms with E-state index >= 15 is 0 Å². The van der Waals surface area contributed by atoms with Crippen LogP contribution < -0.4 is 5.69 Å². The van der Waals surface area contributed by atoms with Gasteiger partial charge in [0.05, 0.1) is 19.8 Å². The van der Waals surface area contributed by atoms with E-state index in [1.165, 1.54) is 4.57 Å².